The molecule has 1 fully saturated rings. The molecule has 2 rings (SSSR count). The van der Waals surface area contributed by atoms with E-state index in [0.717, 1.165) is 11.8 Å². The van der Waals surface area contributed by atoms with Gasteiger partial charge in [-0.15, -0.1) is 0 Å². The lowest BCUT2D eigenvalue weighted by molar-refractivity contribution is 0.238. The van der Waals surface area contributed by atoms with Gasteiger partial charge in [-0.1, -0.05) is 11.6 Å². The second kappa shape index (κ2) is 1.37. The molecule has 0 bridgehead atoms. The second-order valence-corrected chi connectivity index (χ2v) is 3.13. The molecular weight excluding hydrogens is 96.1 g/mol. The lowest BCUT2D eigenvalue weighted by Gasteiger charge is -2.31. The van der Waals surface area contributed by atoms with Gasteiger partial charge in [-0.25, -0.2) is 0 Å². The molecule has 0 saturated heterocycles. The first-order valence-corrected chi connectivity index (χ1v) is 3.54. The Kier molecular flexibility index (Phi) is 0.787. The molecule has 0 aliphatic heterocycles. The normalized spacial score (nSPS) is 42.9. The number of allylic oxidation sites excluding steroid dienone is 2. The van der Waals surface area contributed by atoms with Crippen LogP contribution >= 0.6 is 0 Å². The maximum Gasteiger partial charge on any atom is -0.0175 e. The molecule has 8 heavy (non-hydrogen) atoms. The average Bonchev–Trinajstić information content (AvgIpc) is 1.80. The van der Waals surface area contributed by atoms with Crippen molar-refractivity contribution in [2.45, 2.75) is 26.2 Å². The first-order valence-electron chi connectivity index (χ1n) is 3.54. The predicted molar refractivity (Wildman–Crippen MR) is 34.6 cm³/mol. The SMILES string of the molecule is CC1=CC[C@@H]2CC[C@@H]12. The smallest absolute Gasteiger partial charge is 0.0175 e. The third-order valence-corrected chi connectivity index (χ3v) is 2.74. The molecular formula is C8H12. The van der Waals surface area contributed by atoms with Crippen LogP contribution < -0.4 is 0 Å². The highest BCUT2D eigenvalue weighted by molar-refractivity contribution is 5.16. The van der Waals surface area contributed by atoms with Crippen molar-refractivity contribution in [1.82, 2.24) is 0 Å². The average molecular weight is 108 g/mol. The minimum Gasteiger partial charge on any atom is -0.0850 e. The maximum absolute atomic E-state index is 2.42. The predicted octanol–water partition coefficient (Wildman–Crippen LogP) is 2.36. The monoisotopic (exact) mass is 108 g/mol. The summed E-state index contributed by atoms with van der Waals surface area (Å²) in [5.41, 5.74) is 1.67. The van der Waals surface area contributed by atoms with Crippen LogP contribution in [0.3, 0.4) is 0 Å². The summed E-state index contributed by atoms with van der Waals surface area (Å²) in [5, 5.41) is 0. The van der Waals surface area contributed by atoms with Gasteiger partial charge in [0.25, 0.3) is 0 Å². The molecule has 0 spiro atoms. The molecule has 0 nitrogen and oxygen atoms in total. The van der Waals surface area contributed by atoms with Gasteiger partial charge in [-0.05, 0) is 38.0 Å². The topological polar surface area (TPSA) is 0 Å². The molecule has 0 unspecified atom stereocenters. The Balaban J connectivity index is 2.16. The molecule has 1 saturated carbocycles. The van der Waals surface area contributed by atoms with E-state index in [1.54, 1.807) is 5.57 Å². The Labute approximate surface area is 50.6 Å². The van der Waals surface area contributed by atoms with Gasteiger partial charge in [0, 0.05) is 0 Å². The highest BCUT2D eigenvalue weighted by Crippen LogP contribution is 2.46. The van der Waals surface area contributed by atoms with Crippen LogP contribution in [0.15, 0.2) is 11.6 Å². The lowest BCUT2D eigenvalue weighted by atomic mass is 9.74. The maximum atomic E-state index is 2.42. The Morgan fingerprint density at radius 2 is 2.38 bits per heavy atom. The fourth-order valence-electron chi connectivity index (χ4n) is 1.94. The van der Waals surface area contributed by atoms with Crippen LogP contribution in [0.5, 0.6) is 0 Å². The Bertz CT molecular complexity index is 133. The fraction of sp³-hybridized carbons (Fsp3) is 0.750. The van der Waals surface area contributed by atoms with Crippen molar-refractivity contribution >= 4 is 0 Å². The molecule has 2 aliphatic carbocycles. The molecule has 2 aliphatic rings. The standard InChI is InChI=1S/C8H12/c1-6-2-3-7-4-5-8(6)7/h2,7-8H,3-5H2,1H3/t7-,8+/m1/s1. The van der Waals surface area contributed by atoms with Crippen LogP contribution in [0.1, 0.15) is 26.2 Å². The quantitative estimate of drug-likeness (QED) is 0.418. The largest absolute Gasteiger partial charge is 0.0850 e. The first-order chi connectivity index (χ1) is 3.88. The number of rotatable bonds is 0. The summed E-state index contributed by atoms with van der Waals surface area (Å²) < 4.78 is 0. The second-order valence-electron chi connectivity index (χ2n) is 3.13. The van der Waals surface area contributed by atoms with Crippen molar-refractivity contribution in [3.63, 3.8) is 0 Å². The van der Waals surface area contributed by atoms with Crippen molar-refractivity contribution in [2.24, 2.45) is 11.8 Å². The molecule has 0 aromatic rings. The Morgan fingerprint density at radius 3 is 2.62 bits per heavy atom. The zero-order chi connectivity index (χ0) is 5.56. The van der Waals surface area contributed by atoms with Gasteiger partial charge in [0.1, 0.15) is 0 Å². The summed E-state index contributed by atoms with van der Waals surface area (Å²) in [6.45, 7) is 2.28. The number of fused-ring (bicyclic) bond motifs is 1. The van der Waals surface area contributed by atoms with E-state index in [2.05, 4.69) is 13.0 Å². The minimum atomic E-state index is 1.02. The summed E-state index contributed by atoms with van der Waals surface area (Å²) in [6.07, 6.45) is 6.78. The van der Waals surface area contributed by atoms with Crippen molar-refractivity contribution in [2.75, 3.05) is 0 Å². The molecule has 0 aromatic heterocycles. The van der Waals surface area contributed by atoms with E-state index in [1.165, 1.54) is 19.3 Å². The first kappa shape index (κ1) is 4.60. The minimum absolute atomic E-state index is 1.02. The van der Waals surface area contributed by atoms with Gasteiger partial charge in [0.2, 0.25) is 0 Å². The summed E-state index contributed by atoms with van der Waals surface area (Å²) in [4.78, 5) is 0. The zero-order valence-electron chi connectivity index (χ0n) is 5.35. The third kappa shape index (κ3) is 0.410. The highest BCUT2D eigenvalue weighted by Gasteiger charge is 2.34. The van der Waals surface area contributed by atoms with E-state index in [9.17, 15) is 0 Å². The molecule has 44 valence electrons. The van der Waals surface area contributed by atoms with E-state index in [4.69, 9.17) is 0 Å². The molecule has 0 heteroatoms. The van der Waals surface area contributed by atoms with Crippen LogP contribution in [0.25, 0.3) is 0 Å². The highest BCUT2D eigenvalue weighted by atomic mass is 14.4. The molecule has 0 heterocycles. The lowest BCUT2D eigenvalue weighted by Crippen LogP contribution is -2.21. The molecule has 2 atom stereocenters. The molecule has 0 N–H and O–H groups in total. The van der Waals surface area contributed by atoms with E-state index in [-0.39, 0.29) is 0 Å². The van der Waals surface area contributed by atoms with Crippen LogP contribution in [0, 0.1) is 11.8 Å². The van der Waals surface area contributed by atoms with Gasteiger partial charge in [0.15, 0.2) is 0 Å². The molecule has 0 radical (unpaired) electrons. The van der Waals surface area contributed by atoms with Crippen molar-refractivity contribution in [3.8, 4) is 0 Å². The summed E-state index contributed by atoms with van der Waals surface area (Å²) >= 11 is 0. The van der Waals surface area contributed by atoms with Crippen molar-refractivity contribution < 1.29 is 0 Å². The summed E-state index contributed by atoms with van der Waals surface area (Å²) in [5.74, 6) is 2.10. The Morgan fingerprint density at radius 1 is 1.50 bits per heavy atom. The van der Waals surface area contributed by atoms with Gasteiger partial charge in [-0.2, -0.15) is 0 Å². The van der Waals surface area contributed by atoms with E-state index in [1.807, 2.05) is 0 Å². The molecule has 0 amide bonds. The number of hydrogen-bond donors (Lipinski definition) is 0. The van der Waals surface area contributed by atoms with Crippen LogP contribution in [0.4, 0.5) is 0 Å². The van der Waals surface area contributed by atoms with Gasteiger partial charge in [-0.3, -0.25) is 0 Å². The fourth-order valence-corrected chi connectivity index (χ4v) is 1.94. The summed E-state index contributed by atoms with van der Waals surface area (Å²) in [7, 11) is 0. The van der Waals surface area contributed by atoms with Crippen LogP contribution in [-0.4, -0.2) is 0 Å². The summed E-state index contributed by atoms with van der Waals surface area (Å²) in [6, 6.07) is 0. The Hall–Kier alpha value is -0.260. The van der Waals surface area contributed by atoms with Crippen molar-refractivity contribution in [3.05, 3.63) is 11.6 Å². The van der Waals surface area contributed by atoms with Crippen molar-refractivity contribution in [1.29, 1.82) is 0 Å². The zero-order valence-corrected chi connectivity index (χ0v) is 5.35. The van der Waals surface area contributed by atoms with E-state index in [0.29, 0.717) is 0 Å². The van der Waals surface area contributed by atoms with Crippen LogP contribution in [0.2, 0.25) is 0 Å². The van der Waals surface area contributed by atoms with Gasteiger partial charge >= 0.3 is 0 Å². The third-order valence-electron chi connectivity index (χ3n) is 2.74. The van der Waals surface area contributed by atoms with Crippen LogP contribution in [-0.2, 0) is 0 Å². The molecule has 0 aromatic carbocycles. The van der Waals surface area contributed by atoms with E-state index < -0.39 is 0 Å². The van der Waals surface area contributed by atoms with Gasteiger partial charge < -0.3 is 0 Å². The van der Waals surface area contributed by atoms with E-state index >= 15 is 0 Å². The number of hydrogen-bond acceptors (Lipinski definition) is 0. The van der Waals surface area contributed by atoms with Gasteiger partial charge in [0.05, 0.1) is 0 Å².